The van der Waals surface area contributed by atoms with Crippen molar-refractivity contribution in [1.82, 2.24) is 0 Å². The summed E-state index contributed by atoms with van der Waals surface area (Å²) in [4.78, 5) is 25.6. The predicted octanol–water partition coefficient (Wildman–Crippen LogP) is 5.03. The van der Waals surface area contributed by atoms with Crippen LogP contribution in [-0.2, 0) is 0 Å². The molecule has 0 amide bonds. The van der Waals surface area contributed by atoms with E-state index < -0.39 is 11.8 Å². The highest BCUT2D eigenvalue weighted by Gasteiger charge is 2.28. The molecule has 0 saturated carbocycles. The number of benzene rings is 2. The lowest BCUT2D eigenvalue weighted by Crippen LogP contribution is -2.08. The normalized spacial score (nSPS) is 14.1. The number of ether oxygens (including phenoxy) is 2. The van der Waals surface area contributed by atoms with Crippen molar-refractivity contribution in [1.29, 1.82) is 0 Å². The van der Waals surface area contributed by atoms with Crippen LogP contribution in [0.5, 0.6) is 11.5 Å². The number of thiophene rings is 1. The molecule has 0 bridgehead atoms. The molecule has 1 aliphatic rings. The van der Waals surface area contributed by atoms with Crippen molar-refractivity contribution in [3.05, 3.63) is 87.1 Å². The van der Waals surface area contributed by atoms with Crippen LogP contribution in [0.15, 0.2) is 59.7 Å². The van der Waals surface area contributed by atoms with Crippen LogP contribution in [0, 0.1) is 12.7 Å². The third-order valence-electron chi connectivity index (χ3n) is 4.10. The Balaban J connectivity index is 1.56. The van der Waals surface area contributed by atoms with Gasteiger partial charge in [-0.3, -0.25) is 4.79 Å². The number of hydrogen-bond donors (Lipinski definition) is 0. The lowest BCUT2D eigenvalue weighted by Gasteiger charge is -2.05. The highest BCUT2D eigenvalue weighted by Crippen LogP contribution is 2.35. The Kier molecular flexibility index (Phi) is 4.33. The molecule has 6 heteroatoms. The molecule has 134 valence electrons. The summed E-state index contributed by atoms with van der Waals surface area (Å²) in [6, 6.07) is 11.6. The van der Waals surface area contributed by atoms with Gasteiger partial charge in [-0.1, -0.05) is 0 Å². The molecule has 0 aliphatic carbocycles. The van der Waals surface area contributed by atoms with E-state index in [1.54, 1.807) is 12.1 Å². The van der Waals surface area contributed by atoms with E-state index in [0.29, 0.717) is 11.3 Å². The lowest BCUT2D eigenvalue weighted by molar-refractivity contribution is 0.0734. The first-order valence-corrected chi connectivity index (χ1v) is 8.99. The minimum Gasteiger partial charge on any atom is -0.452 e. The molecule has 0 fully saturated rings. The number of aryl methyl sites for hydroxylation is 1. The van der Waals surface area contributed by atoms with E-state index >= 15 is 0 Å². The van der Waals surface area contributed by atoms with Crippen LogP contribution in [0.3, 0.4) is 0 Å². The van der Waals surface area contributed by atoms with Crippen LogP contribution in [0.25, 0.3) is 6.08 Å². The molecule has 3 aromatic rings. The summed E-state index contributed by atoms with van der Waals surface area (Å²) < 4.78 is 23.9. The molecule has 2 heterocycles. The van der Waals surface area contributed by atoms with Gasteiger partial charge in [0.05, 0.1) is 11.1 Å². The Labute approximate surface area is 158 Å². The number of rotatable bonds is 3. The smallest absolute Gasteiger partial charge is 0.343 e. The van der Waals surface area contributed by atoms with Crippen molar-refractivity contribution in [2.45, 2.75) is 6.92 Å². The van der Waals surface area contributed by atoms with Crippen molar-refractivity contribution < 1.29 is 23.5 Å². The van der Waals surface area contributed by atoms with Crippen molar-refractivity contribution in [2.24, 2.45) is 0 Å². The number of esters is 1. The van der Waals surface area contributed by atoms with Gasteiger partial charge in [-0.2, -0.15) is 0 Å². The number of halogens is 1. The average molecular weight is 380 g/mol. The van der Waals surface area contributed by atoms with Crippen molar-refractivity contribution >= 4 is 29.2 Å². The van der Waals surface area contributed by atoms with Crippen LogP contribution in [-0.4, -0.2) is 11.8 Å². The molecule has 0 atom stereocenters. The topological polar surface area (TPSA) is 52.6 Å². The van der Waals surface area contributed by atoms with Crippen LogP contribution < -0.4 is 9.47 Å². The minimum atomic E-state index is -0.621. The van der Waals surface area contributed by atoms with Gasteiger partial charge in [-0.05, 0) is 60.3 Å². The Bertz CT molecular complexity index is 1080. The zero-order chi connectivity index (χ0) is 19.0. The maximum atomic E-state index is 13.0. The summed E-state index contributed by atoms with van der Waals surface area (Å²) in [5.74, 6) is -0.457. The monoisotopic (exact) mass is 380 g/mol. The standard InChI is InChI=1S/C21H13FO4S/c1-12-8-9-27-19(12)11-18-20(23)16-7-6-15(10-17(16)26-18)25-21(24)13-2-4-14(22)5-3-13/h2-11H,1H3/b18-11+. The number of carbonyl (C=O) groups is 2. The molecule has 27 heavy (non-hydrogen) atoms. The zero-order valence-electron chi connectivity index (χ0n) is 14.2. The molecule has 0 saturated heterocycles. The third-order valence-corrected chi connectivity index (χ3v) is 5.06. The first-order chi connectivity index (χ1) is 13.0. The molecule has 0 spiro atoms. The van der Waals surface area contributed by atoms with Crippen LogP contribution in [0.2, 0.25) is 0 Å². The van der Waals surface area contributed by atoms with Crippen molar-refractivity contribution in [3.63, 3.8) is 0 Å². The molecule has 1 aromatic heterocycles. The number of hydrogen-bond acceptors (Lipinski definition) is 5. The second kappa shape index (κ2) is 6.81. The van der Waals surface area contributed by atoms with Gasteiger partial charge < -0.3 is 9.47 Å². The summed E-state index contributed by atoms with van der Waals surface area (Å²) >= 11 is 1.52. The fourth-order valence-corrected chi connectivity index (χ4v) is 3.48. The minimum absolute atomic E-state index is 0.214. The SMILES string of the molecule is Cc1ccsc1/C=C1/Oc2cc(OC(=O)c3ccc(F)cc3)ccc2C1=O. The van der Waals surface area contributed by atoms with E-state index in [-0.39, 0.29) is 22.9 Å². The van der Waals surface area contributed by atoms with Crippen LogP contribution >= 0.6 is 11.3 Å². The molecule has 0 unspecified atom stereocenters. The number of ketones is 1. The first kappa shape index (κ1) is 17.2. The molecule has 1 aliphatic heterocycles. The Hall–Kier alpha value is -3.25. The maximum Gasteiger partial charge on any atom is 0.343 e. The summed E-state index contributed by atoms with van der Waals surface area (Å²) in [7, 11) is 0. The van der Waals surface area contributed by atoms with E-state index in [1.165, 1.54) is 47.7 Å². The third kappa shape index (κ3) is 3.39. The number of fused-ring (bicyclic) bond motifs is 1. The number of allylic oxidation sites excluding steroid dienone is 1. The summed E-state index contributed by atoms with van der Waals surface area (Å²) in [6.07, 6.45) is 1.71. The maximum absolute atomic E-state index is 13.0. The van der Waals surface area contributed by atoms with E-state index in [1.807, 2.05) is 18.4 Å². The van der Waals surface area contributed by atoms with E-state index in [4.69, 9.17) is 9.47 Å². The van der Waals surface area contributed by atoms with Gasteiger partial charge in [-0.15, -0.1) is 11.3 Å². The van der Waals surface area contributed by atoms with Gasteiger partial charge in [0.15, 0.2) is 5.76 Å². The quantitative estimate of drug-likeness (QED) is 0.363. The zero-order valence-corrected chi connectivity index (χ0v) is 15.0. The summed E-state index contributed by atoms with van der Waals surface area (Å²) in [5, 5.41) is 1.95. The van der Waals surface area contributed by atoms with E-state index in [2.05, 4.69) is 0 Å². The Morgan fingerprint density at radius 3 is 2.63 bits per heavy atom. The van der Waals surface area contributed by atoms with Gasteiger partial charge in [0.25, 0.3) is 0 Å². The largest absolute Gasteiger partial charge is 0.452 e. The molecule has 4 rings (SSSR count). The van der Waals surface area contributed by atoms with Crippen LogP contribution in [0.4, 0.5) is 4.39 Å². The lowest BCUT2D eigenvalue weighted by atomic mass is 10.1. The number of Topliss-reactive ketones (excluding diaryl/α,β-unsaturated/α-hetero) is 1. The molecule has 0 N–H and O–H groups in total. The van der Waals surface area contributed by atoms with Gasteiger partial charge in [0.2, 0.25) is 5.78 Å². The molecular formula is C21H13FO4S. The highest BCUT2D eigenvalue weighted by molar-refractivity contribution is 7.11. The Morgan fingerprint density at radius 1 is 1.15 bits per heavy atom. The van der Waals surface area contributed by atoms with Gasteiger partial charge in [0, 0.05) is 17.0 Å². The fraction of sp³-hybridized carbons (Fsp3) is 0.0476. The van der Waals surface area contributed by atoms with E-state index in [9.17, 15) is 14.0 Å². The molecular weight excluding hydrogens is 367 g/mol. The molecule has 0 radical (unpaired) electrons. The van der Waals surface area contributed by atoms with E-state index in [0.717, 1.165) is 10.4 Å². The van der Waals surface area contributed by atoms with Crippen molar-refractivity contribution in [2.75, 3.05) is 0 Å². The van der Waals surface area contributed by atoms with Crippen molar-refractivity contribution in [3.8, 4) is 11.5 Å². The predicted molar refractivity (Wildman–Crippen MR) is 99.8 cm³/mol. The average Bonchev–Trinajstić information content (AvgIpc) is 3.19. The highest BCUT2D eigenvalue weighted by atomic mass is 32.1. The molecule has 2 aromatic carbocycles. The summed E-state index contributed by atoms with van der Waals surface area (Å²) in [6.45, 7) is 1.96. The van der Waals surface area contributed by atoms with Crippen LogP contribution in [0.1, 0.15) is 31.2 Å². The number of carbonyl (C=O) groups excluding carboxylic acids is 2. The van der Waals surface area contributed by atoms with Gasteiger partial charge >= 0.3 is 5.97 Å². The Morgan fingerprint density at radius 2 is 1.93 bits per heavy atom. The van der Waals surface area contributed by atoms with Gasteiger partial charge in [-0.25, -0.2) is 9.18 Å². The second-order valence-corrected chi connectivity index (χ2v) is 6.91. The summed E-state index contributed by atoms with van der Waals surface area (Å²) in [5.41, 5.74) is 1.70. The second-order valence-electron chi connectivity index (χ2n) is 5.96. The molecule has 4 nitrogen and oxygen atoms in total. The fourth-order valence-electron chi connectivity index (χ4n) is 2.63. The van der Waals surface area contributed by atoms with Gasteiger partial charge in [0.1, 0.15) is 17.3 Å². The first-order valence-electron chi connectivity index (χ1n) is 8.11.